The van der Waals surface area contributed by atoms with Crippen molar-refractivity contribution in [1.82, 2.24) is 9.19 Å². The minimum Gasteiger partial charge on any atom is -0.338 e. The molecule has 38 heavy (non-hydrogen) atoms. The van der Waals surface area contributed by atoms with Gasteiger partial charge in [0.05, 0.1) is 10.6 Å². The largest absolute Gasteiger partial charge is 0.338 e. The minimum absolute atomic E-state index is 0.208. The Balaban J connectivity index is 1.57. The van der Waals surface area contributed by atoms with Gasteiger partial charge >= 0.3 is 0 Å². The maximum Gasteiger partial charge on any atom is 0.283 e. The molecular formula is C32H27N3O2S. The van der Waals surface area contributed by atoms with Crippen molar-refractivity contribution in [3.63, 3.8) is 0 Å². The second-order valence-electron chi connectivity index (χ2n) is 9.57. The van der Waals surface area contributed by atoms with Gasteiger partial charge in [0.15, 0.2) is 5.82 Å². The molecule has 1 aliphatic rings. The van der Waals surface area contributed by atoms with Crippen LogP contribution < -0.4 is 5.32 Å². The summed E-state index contributed by atoms with van der Waals surface area (Å²) >= 11 is 0. The molecule has 1 aromatic heterocycles. The van der Waals surface area contributed by atoms with E-state index in [2.05, 4.69) is 40.8 Å². The summed E-state index contributed by atoms with van der Waals surface area (Å²) in [6, 6.07) is 37.0. The number of benzene rings is 4. The fourth-order valence-corrected chi connectivity index (χ4v) is 6.45. The lowest BCUT2D eigenvalue weighted by Crippen LogP contribution is -2.32. The zero-order valence-corrected chi connectivity index (χ0v) is 21.8. The molecule has 4 aromatic carbocycles. The Bertz CT molecular complexity index is 1670. The molecular weight excluding hydrogens is 490 g/mol. The minimum atomic E-state index is -3.95. The van der Waals surface area contributed by atoms with E-state index in [4.69, 9.17) is 0 Å². The first kappa shape index (κ1) is 23.9. The molecule has 0 saturated carbocycles. The van der Waals surface area contributed by atoms with Gasteiger partial charge in [0.1, 0.15) is 0 Å². The van der Waals surface area contributed by atoms with Gasteiger partial charge in [-0.05, 0) is 42.3 Å². The van der Waals surface area contributed by atoms with Crippen molar-refractivity contribution < 1.29 is 8.42 Å². The summed E-state index contributed by atoms with van der Waals surface area (Å²) in [5.41, 5.74) is 4.86. The zero-order chi connectivity index (χ0) is 26.2. The van der Waals surface area contributed by atoms with Crippen LogP contribution in [0.5, 0.6) is 0 Å². The number of para-hydroxylation sites is 1. The number of nitrogens with zero attached hydrogens (tertiary/aromatic N) is 2. The summed E-state index contributed by atoms with van der Waals surface area (Å²) in [6.07, 6.45) is 4.63. The molecule has 5 nitrogen and oxygen atoms in total. The molecule has 6 rings (SSSR count). The Morgan fingerprint density at radius 3 is 1.89 bits per heavy atom. The van der Waals surface area contributed by atoms with E-state index in [1.54, 1.807) is 12.1 Å². The molecule has 0 saturated heterocycles. The molecule has 1 heterocycles. The summed E-state index contributed by atoms with van der Waals surface area (Å²) in [7, 11) is -3.95. The van der Waals surface area contributed by atoms with Gasteiger partial charge in [-0.25, -0.2) is 0 Å². The van der Waals surface area contributed by atoms with Gasteiger partial charge in [-0.15, -0.1) is 5.10 Å². The first-order valence-electron chi connectivity index (χ1n) is 12.5. The second-order valence-corrected chi connectivity index (χ2v) is 11.3. The Kier molecular flexibility index (Phi) is 5.97. The lowest BCUT2D eigenvalue weighted by atomic mass is 9.68. The number of aromatic nitrogens is 2. The fraction of sp³-hybridized carbons (Fsp3) is 0.0938. The van der Waals surface area contributed by atoms with E-state index in [0.29, 0.717) is 17.9 Å². The third kappa shape index (κ3) is 4.13. The molecule has 188 valence electrons. The van der Waals surface area contributed by atoms with Gasteiger partial charge in [-0.3, -0.25) is 0 Å². The summed E-state index contributed by atoms with van der Waals surface area (Å²) in [5.74, 6) is 0.507. The van der Waals surface area contributed by atoms with Crippen molar-refractivity contribution in [3.8, 4) is 0 Å². The average molecular weight is 518 g/mol. The first-order valence-corrected chi connectivity index (χ1v) is 14.0. The molecule has 0 fully saturated rings. The molecule has 0 radical (unpaired) electrons. The monoisotopic (exact) mass is 517 g/mol. The SMILES string of the molecule is Cc1ccc(S(=O)(=O)n2nc(Nc3ccccc3)c3c2CC(c2ccccc2)(c2ccccc2)C=C3)cc1. The zero-order valence-electron chi connectivity index (χ0n) is 21.0. The van der Waals surface area contributed by atoms with Crippen LogP contribution in [0.15, 0.2) is 126 Å². The van der Waals surface area contributed by atoms with Gasteiger partial charge in [0.25, 0.3) is 10.0 Å². The third-order valence-corrected chi connectivity index (χ3v) is 8.75. The molecule has 0 amide bonds. The van der Waals surface area contributed by atoms with Crippen LogP contribution in [-0.4, -0.2) is 17.6 Å². The number of fused-ring (bicyclic) bond motifs is 1. The van der Waals surface area contributed by atoms with E-state index in [0.717, 1.165) is 27.9 Å². The summed E-state index contributed by atoms with van der Waals surface area (Å²) in [5, 5.41) is 8.02. The van der Waals surface area contributed by atoms with Gasteiger partial charge in [0.2, 0.25) is 0 Å². The Morgan fingerprint density at radius 2 is 1.32 bits per heavy atom. The van der Waals surface area contributed by atoms with Crippen LogP contribution >= 0.6 is 0 Å². The van der Waals surface area contributed by atoms with Gasteiger partial charge < -0.3 is 5.32 Å². The van der Waals surface area contributed by atoms with Crippen LogP contribution in [0.1, 0.15) is 27.9 Å². The molecule has 6 heteroatoms. The first-order chi connectivity index (χ1) is 18.5. The lowest BCUT2D eigenvalue weighted by Gasteiger charge is -2.35. The van der Waals surface area contributed by atoms with Crippen LogP contribution in [-0.2, 0) is 21.9 Å². The number of nitrogens with one attached hydrogen (secondary N) is 1. The Hall–Kier alpha value is -4.42. The topological polar surface area (TPSA) is 64.0 Å². The summed E-state index contributed by atoms with van der Waals surface area (Å²) < 4.78 is 29.3. The molecule has 1 N–H and O–H groups in total. The van der Waals surface area contributed by atoms with E-state index in [1.807, 2.05) is 91.9 Å². The van der Waals surface area contributed by atoms with E-state index >= 15 is 0 Å². The number of allylic oxidation sites excluding steroid dienone is 1. The maximum absolute atomic E-state index is 14.0. The normalized spacial score (nSPS) is 14.1. The van der Waals surface area contributed by atoms with E-state index < -0.39 is 15.4 Å². The number of hydrogen-bond acceptors (Lipinski definition) is 4. The van der Waals surface area contributed by atoms with Crippen molar-refractivity contribution in [2.24, 2.45) is 0 Å². The van der Waals surface area contributed by atoms with Crippen molar-refractivity contribution in [2.75, 3.05) is 5.32 Å². The molecule has 0 unspecified atom stereocenters. The van der Waals surface area contributed by atoms with Crippen molar-refractivity contribution in [2.45, 2.75) is 23.7 Å². The van der Waals surface area contributed by atoms with E-state index in [9.17, 15) is 8.42 Å². The molecule has 0 aliphatic heterocycles. The number of aryl methyl sites for hydroxylation is 1. The molecule has 0 atom stereocenters. The Morgan fingerprint density at radius 1 is 0.763 bits per heavy atom. The van der Waals surface area contributed by atoms with Crippen LogP contribution in [0.25, 0.3) is 6.08 Å². The fourth-order valence-electron chi connectivity index (χ4n) is 5.13. The highest BCUT2D eigenvalue weighted by molar-refractivity contribution is 7.89. The smallest absolute Gasteiger partial charge is 0.283 e. The van der Waals surface area contributed by atoms with Crippen LogP contribution in [0, 0.1) is 6.92 Å². The number of hydrogen-bond donors (Lipinski definition) is 1. The predicted octanol–water partition coefficient (Wildman–Crippen LogP) is 6.73. The van der Waals surface area contributed by atoms with Gasteiger partial charge in [-0.1, -0.05) is 109 Å². The van der Waals surface area contributed by atoms with Crippen LogP contribution in [0.2, 0.25) is 0 Å². The highest BCUT2D eigenvalue weighted by atomic mass is 32.2. The van der Waals surface area contributed by atoms with Crippen molar-refractivity contribution in [1.29, 1.82) is 0 Å². The van der Waals surface area contributed by atoms with Gasteiger partial charge in [0, 0.05) is 23.1 Å². The third-order valence-electron chi connectivity index (χ3n) is 7.13. The van der Waals surface area contributed by atoms with Crippen molar-refractivity contribution in [3.05, 3.63) is 149 Å². The maximum atomic E-state index is 14.0. The summed E-state index contributed by atoms with van der Waals surface area (Å²) in [6.45, 7) is 1.94. The predicted molar refractivity (Wildman–Crippen MR) is 152 cm³/mol. The quantitative estimate of drug-likeness (QED) is 0.271. The lowest BCUT2D eigenvalue weighted by molar-refractivity contribution is 0.565. The summed E-state index contributed by atoms with van der Waals surface area (Å²) in [4.78, 5) is 0.208. The molecule has 0 bridgehead atoms. The van der Waals surface area contributed by atoms with E-state index in [-0.39, 0.29) is 4.90 Å². The molecule has 5 aromatic rings. The highest BCUT2D eigenvalue weighted by Gasteiger charge is 2.39. The highest BCUT2D eigenvalue weighted by Crippen LogP contribution is 2.44. The van der Waals surface area contributed by atoms with Crippen LogP contribution in [0.4, 0.5) is 11.5 Å². The van der Waals surface area contributed by atoms with Crippen molar-refractivity contribution >= 4 is 27.6 Å². The standard InChI is InChI=1S/C32H27N3O2S/c1-24-17-19-28(20-18-24)38(36,37)35-30-23-32(25-11-5-2-6-12-25,26-13-7-3-8-14-26)22-21-29(30)31(34-35)33-27-15-9-4-10-16-27/h2-22H,23H2,1H3,(H,33,34). The van der Waals surface area contributed by atoms with E-state index in [1.165, 1.54) is 4.09 Å². The average Bonchev–Trinajstić information content (AvgIpc) is 3.32. The molecule has 0 spiro atoms. The van der Waals surface area contributed by atoms with Crippen LogP contribution in [0.3, 0.4) is 0 Å². The number of rotatable bonds is 6. The second kappa shape index (κ2) is 9.47. The molecule has 1 aliphatic carbocycles. The van der Waals surface area contributed by atoms with Gasteiger partial charge in [-0.2, -0.15) is 12.5 Å². The number of anilines is 2. The Labute approximate surface area is 223 Å².